The number of nitrogens with one attached hydrogen (secondary N) is 1. The van der Waals surface area contributed by atoms with Crippen LogP contribution in [-0.4, -0.2) is 43.4 Å². The van der Waals surface area contributed by atoms with E-state index < -0.39 is 6.04 Å². The number of hydrogen-bond acceptors (Lipinski definition) is 4. The first-order chi connectivity index (χ1) is 10.1. The molecule has 0 aromatic carbocycles. The third-order valence-corrected chi connectivity index (χ3v) is 2.27. The summed E-state index contributed by atoms with van der Waals surface area (Å²) in [5, 5.41) is 11.3. The molecule has 0 aliphatic carbocycles. The molecule has 28 heavy (non-hydrogen) atoms. The summed E-state index contributed by atoms with van der Waals surface area (Å²) in [6.45, 7) is 5.99. The maximum atomic E-state index is 11.5. The number of hydrogen-bond donors (Lipinski definition) is 3. The van der Waals surface area contributed by atoms with Crippen molar-refractivity contribution in [2.24, 2.45) is 11.7 Å². The summed E-state index contributed by atoms with van der Waals surface area (Å²) in [6, 6.07) is -0.412. The molecule has 0 spiro atoms. The van der Waals surface area contributed by atoms with Gasteiger partial charge in [-0.3, -0.25) is 9.50 Å². The van der Waals surface area contributed by atoms with Crippen molar-refractivity contribution in [2.45, 2.75) is 83.7 Å². The molecule has 0 heterocycles. The summed E-state index contributed by atoms with van der Waals surface area (Å²) in [5.74, 6) is 0.339. The second kappa shape index (κ2) is 56.2. The molecule has 0 fully saturated rings. The lowest BCUT2D eigenvalue weighted by atomic mass is 10.0. The summed E-state index contributed by atoms with van der Waals surface area (Å²) in [6.07, 6.45) is 2.13. The highest BCUT2D eigenvalue weighted by Crippen LogP contribution is 2.02. The van der Waals surface area contributed by atoms with E-state index in [2.05, 4.69) is 5.32 Å². The Morgan fingerprint density at radius 2 is 1.36 bits per heavy atom. The van der Waals surface area contributed by atoms with Gasteiger partial charge >= 0.3 is 0 Å². The molecule has 0 saturated heterocycles. The number of carbonyl (C=O) groups excluding carboxylic acids is 1. The SMILES string of the molecule is C.C.C.C.C.C.CC(C)CC(N)C(=O)NCCCOCCCO.F.FF.FF. The van der Waals surface area contributed by atoms with Gasteiger partial charge in [0, 0.05) is 44.7 Å². The van der Waals surface area contributed by atoms with E-state index in [1.165, 1.54) is 0 Å². The van der Waals surface area contributed by atoms with Crippen LogP contribution in [0.2, 0.25) is 0 Å². The molecular formula is C18H51F5N2O3. The first-order valence-corrected chi connectivity index (χ1v) is 6.58. The van der Waals surface area contributed by atoms with Gasteiger partial charge in [0.1, 0.15) is 0 Å². The van der Waals surface area contributed by atoms with Gasteiger partial charge in [0.25, 0.3) is 0 Å². The number of amides is 1. The molecule has 0 aliphatic rings. The monoisotopic (exact) mass is 438 g/mol. The number of nitrogens with two attached hydrogens (primary N) is 1. The van der Waals surface area contributed by atoms with Crippen molar-refractivity contribution in [3.8, 4) is 0 Å². The second-order valence-electron chi connectivity index (χ2n) is 4.57. The molecule has 1 unspecified atom stereocenters. The van der Waals surface area contributed by atoms with Crippen LogP contribution >= 0.6 is 0 Å². The molecule has 0 aliphatic heterocycles. The number of aliphatic hydroxyl groups is 1. The van der Waals surface area contributed by atoms with Crippen LogP contribution in [0.15, 0.2) is 0 Å². The fraction of sp³-hybridized carbons (Fsp3) is 0.944. The van der Waals surface area contributed by atoms with Gasteiger partial charge in [-0.15, -0.1) is 0 Å². The Hall–Kier alpha value is -1.00. The van der Waals surface area contributed by atoms with Crippen LogP contribution in [0.5, 0.6) is 0 Å². The van der Waals surface area contributed by atoms with E-state index in [0.717, 1.165) is 6.42 Å². The normalized spacial score (nSPS) is 8.18. The van der Waals surface area contributed by atoms with Crippen LogP contribution in [-0.2, 0) is 9.53 Å². The van der Waals surface area contributed by atoms with E-state index in [0.29, 0.717) is 38.5 Å². The van der Waals surface area contributed by atoms with E-state index >= 15 is 0 Å². The minimum atomic E-state index is -0.412. The summed E-state index contributed by atoms with van der Waals surface area (Å²) < 4.78 is 37.2. The van der Waals surface area contributed by atoms with Crippen LogP contribution in [0, 0.1) is 5.92 Å². The molecule has 1 amide bonds. The third kappa shape index (κ3) is 56.2. The molecule has 1 atom stereocenters. The van der Waals surface area contributed by atoms with Crippen molar-refractivity contribution in [1.82, 2.24) is 5.32 Å². The number of halogens is 5. The summed E-state index contributed by atoms with van der Waals surface area (Å²) >= 11 is 0. The maximum Gasteiger partial charge on any atom is 0.236 e. The van der Waals surface area contributed by atoms with Crippen LogP contribution in [0.4, 0.5) is 23.0 Å². The smallest absolute Gasteiger partial charge is 0.236 e. The first-order valence-electron chi connectivity index (χ1n) is 6.58. The molecule has 0 saturated carbocycles. The molecule has 10 heteroatoms. The zero-order valence-electron chi connectivity index (χ0n) is 12.9. The van der Waals surface area contributed by atoms with Crippen molar-refractivity contribution < 1.29 is 37.6 Å². The molecule has 0 radical (unpaired) electrons. The zero-order valence-corrected chi connectivity index (χ0v) is 12.9. The topological polar surface area (TPSA) is 84.6 Å². The second-order valence-corrected chi connectivity index (χ2v) is 4.57. The van der Waals surface area contributed by atoms with Crippen molar-refractivity contribution in [3.05, 3.63) is 0 Å². The highest BCUT2D eigenvalue weighted by Gasteiger charge is 2.13. The van der Waals surface area contributed by atoms with Crippen molar-refractivity contribution in [2.75, 3.05) is 26.4 Å². The predicted octanol–water partition coefficient (Wildman–Crippen LogP) is 5.92. The lowest BCUT2D eigenvalue weighted by Crippen LogP contribution is -2.41. The van der Waals surface area contributed by atoms with E-state index in [1.807, 2.05) is 13.8 Å². The highest BCUT2D eigenvalue weighted by molar-refractivity contribution is 5.81. The van der Waals surface area contributed by atoms with Crippen molar-refractivity contribution >= 4 is 5.91 Å². The average Bonchev–Trinajstić information content (AvgIpc) is 2.49. The van der Waals surface area contributed by atoms with Crippen LogP contribution in [0.1, 0.15) is 77.7 Å². The van der Waals surface area contributed by atoms with Gasteiger partial charge in [0.05, 0.1) is 6.04 Å². The van der Waals surface area contributed by atoms with E-state index in [9.17, 15) is 4.79 Å². The largest absolute Gasteiger partial charge is 0.396 e. The van der Waals surface area contributed by atoms with E-state index in [4.69, 9.17) is 33.9 Å². The average molecular weight is 439 g/mol. The third-order valence-electron chi connectivity index (χ3n) is 2.27. The molecule has 186 valence electrons. The number of aliphatic hydroxyl groups excluding tert-OH is 1. The molecule has 0 aromatic rings. The highest BCUT2D eigenvalue weighted by atomic mass is 20.0. The van der Waals surface area contributed by atoms with Gasteiger partial charge < -0.3 is 20.9 Å². The summed E-state index contributed by atoms with van der Waals surface area (Å²) in [4.78, 5) is 11.5. The van der Waals surface area contributed by atoms with Crippen LogP contribution < -0.4 is 11.1 Å². The molecule has 0 bridgehead atoms. The zero-order chi connectivity index (χ0) is 17.1. The van der Waals surface area contributed by atoms with Gasteiger partial charge in [-0.05, 0) is 25.2 Å². The maximum absolute atomic E-state index is 11.5. The van der Waals surface area contributed by atoms with Crippen molar-refractivity contribution in [3.63, 3.8) is 0 Å². The first kappa shape index (κ1) is 63.2. The number of rotatable bonds is 10. The lowest BCUT2D eigenvalue weighted by Gasteiger charge is -2.14. The minimum Gasteiger partial charge on any atom is -0.396 e. The van der Waals surface area contributed by atoms with Gasteiger partial charge in [0.2, 0.25) is 5.91 Å². The van der Waals surface area contributed by atoms with Crippen molar-refractivity contribution in [1.29, 1.82) is 0 Å². The molecule has 4 N–H and O–H groups in total. The summed E-state index contributed by atoms with van der Waals surface area (Å²) in [5.41, 5.74) is 5.73. The lowest BCUT2D eigenvalue weighted by molar-refractivity contribution is -0.122. The predicted molar refractivity (Wildman–Crippen MR) is 115 cm³/mol. The number of ether oxygens (including phenoxy) is 1. The Kier molecular flexibility index (Phi) is 127. The van der Waals surface area contributed by atoms with Gasteiger partial charge in [-0.1, -0.05) is 58.4 Å². The number of carbonyl (C=O) groups is 1. The van der Waals surface area contributed by atoms with E-state index in [1.54, 1.807) is 0 Å². The van der Waals surface area contributed by atoms with Crippen LogP contribution in [0.25, 0.3) is 0 Å². The Morgan fingerprint density at radius 1 is 0.964 bits per heavy atom. The molecular weight excluding hydrogens is 387 g/mol. The Balaban J connectivity index is -0.0000000345. The van der Waals surface area contributed by atoms with Crippen LogP contribution in [0.3, 0.4) is 0 Å². The Labute approximate surface area is 171 Å². The molecule has 5 nitrogen and oxygen atoms in total. The minimum absolute atomic E-state index is 0. The fourth-order valence-corrected chi connectivity index (χ4v) is 1.40. The Bertz CT molecular complexity index is 220. The van der Waals surface area contributed by atoms with Gasteiger partial charge in [0.15, 0.2) is 0 Å². The molecule has 0 rings (SSSR count). The fourth-order valence-electron chi connectivity index (χ4n) is 1.40. The standard InChI is InChI=1S/C12H26N2O3.6CH4.2F2.FH/c1-10(2)9-11(13)12(16)14-5-3-7-17-8-4-6-15;;;;;;;2*1-2;/h10-11,15H,3-9,13H2,1-2H3,(H,14,16);6*1H4;;;1H. The summed E-state index contributed by atoms with van der Waals surface area (Å²) in [7, 11) is 0. The van der Waals surface area contributed by atoms with Gasteiger partial charge in [-0.25, -0.2) is 0 Å². The molecule has 0 aromatic heterocycles. The quantitative estimate of drug-likeness (QED) is 0.292. The Morgan fingerprint density at radius 3 is 1.71 bits per heavy atom. The van der Waals surface area contributed by atoms with Gasteiger partial charge in [-0.2, -0.15) is 0 Å². The van der Waals surface area contributed by atoms with E-state index in [-0.39, 0.29) is 61.8 Å².